The molecular weight excluding hydrogens is 243 g/mol. The molecule has 2 atom stereocenters. The maximum Gasteiger partial charge on any atom is 0.0702 e. The Morgan fingerprint density at radius 1 is 1.44 bits per heavy atom. The van der Waals surface area contributed by atoms with E-state index in [1.165, 1.54) is 16.9 Å². The Labute approximate surface area is 110 Å². The third-order valence-corrected chi connectivity index (χ3v) is 4.43. The molecule has 3 nitrogen and oxygen atoms in total. The van der Waals surface area contributed by atoms with E-state index in [1.54, 1.807) is 0 Å². The van der Waals surface area contributed by atoms with E-state index in [0.29, 0.717) is 6.04 Å². The van der Waals surface area contributed by atoms with E-state index in [9.17, 15) is 5.11 Å². The highest BCUT2D eigenvalue weighted by Crippen LogP contribution is 2.37. The lowest BCUT2D eigenvalue weighted by atomic mass is 10.1. The topological polar surface area (TPSA) is 26.7 Å². The zero-order valence-corrected chi connectivity index (χ0v) is 11.8. The molecule has 0 saturated carbocycles. The summed E-state index contributed by atoms with van der Waals surface area (Å²) in [5.74, 6) is 0. The zero-order valence-electron chi connectivity index (χ0n) is 10.6. The van der Waals surface area contributed by atoms with Gasteiger partial charge in [0.25, 0.3) is 0 Å². The molecule has 0 radical (unpaired) electrons. The lowest BCUT2D eigenvalue weighted by Crippen LogP contribution is -2.34. The molecule has 0 aromatic heterocycles. The number of rotatable bonds is 3. The number of likely N-dealkylation sites (N-methyl/N-ethyl adjacent to an activating group) is 1. The average Bonchev–Trinajstić information content (AvgIpc) is 2.96. The Bertz CT molecular complexity index is 501. The number of fused-ring (bicyclic) bond motifs is 2. The highest BCUT2D eigenvalue weighted by molar-refractivity contribution is 7.15. The van der Waals surface area contributed by atoms with Gasteiger partial charge in [0, 0.05) is 43.2 Å². The van der Waals surface area contributed by atoms with Gasteiger partial charge in [0.1, 0.15) is 0 Å². The first-order chi connectivity index (χ1) is 8.72. The third-order valence-electron chi connectivity index (χ3n) is 3.95. The molecule has 1 N–H and O–H groups in total. The standard InChI is InChI=1S/C14H19N2OP/c1-15-6-13-5-12(15)7-16(13)14-3-2-10(9-18)4-11(14)8-17/h2-4,6,12,17H,5,7-9,18H2,1H3. The predicted molar refractivity (Wildman–Crippen MR) is 77.4 cm³/mol. The normalized spacial score (nSPS) is 21.7. The van der Waals surface area contributed by atoms with Crippen molar-refractivity contribution in [1.82, 2.24) is 4.90 Å². The lowest BCUT2D eigenvalue weighted by Gasteiger charge is -2.29. The predicted octanol–water partition coefficient (Wildman–Crippen LogP) is 1.92. The summed E-state index contributed by atoms with van der Waals surface area (Å²) in [4.78, 5) is 4.64. The molecule has 1 saturated heterocycles. The molecule has 2 heterocycles. The van der Waals surface area contributed by atoms with E-state index in [2.05, 4.69) is 50.5 Å². The number of aliphatic hydroxyl groups is 1. The molecule has 0 amide bonds. The third kappa shape index (κ3) is 1.82. The number of aliphatic hydroxyl groups excluding tert-OH is 1. The van der Waals surface area contributed by atoms with Crippen LogP contribution in [0.15, 0.2) is 30.1 Å². The van der Waals surface area contributed by atoms with E-state index < -0.39 is 0 Å². The second kappa shape index (κ2) is 4.56. The van der Waals surface area contributed by atoms with Crippen molar-refractivity contribution >= 4 is 14.9 Å². The molecule has 2 unspecified atom stereocenters. The summed E-state index contributed by atoms with van der Waals surface area (Å²) in [7, 11) is 4.87. The van der Waals surface area contributed by atoms with Gasteiger partial charge in [-0.1, -0.05) is 12.1 Å². The second-order valence-electron chi connectivity index (χ2n) is 5.08. The van der Waals surface area contributed by atoms with Gasteiger partial charge in [-0.15, -0.1) is 9.24 Å². The van der Waals surface area contributed by atoms with E-state index in [0.717, 1.165) is 24.7 Å². The van der Waals surface area contributed by atoms with Crippen LogP contribution in [0.2, 0.25) is 0 Å². The maximum absolute atomic E-state index is 9.56. The van der Waals surface area contributed by atoms with Crippen LogP contribution in [0.5, 0.6) is 0 Å². The van der Waals surface area contributed by atoms with E-state index >= 15 is 0 Å². The largest absolute Gasteiger partial charge is 0.392 e. The molecule has 0 aliphatic carbocycles. The number of nitrogens with zero attached hydrogens (tertiary/aromatic N) is 2. The minimum absolute atomic E-state index is 0.109. The Balaban J connectivity index is 1.96. The van der Waals surface area contributed by atoms with Crippen LogP contribution >= 0.6 is 9.24 Å². The van der Waals surface area contributed by atoms with Crippen molar-refractivity contribution in [2.75, 3.05) is 18.5 Å². The van der Waals surface area contributed by atoms with Crippen molar-refractivity contribution in [3.05, 3.63) is 41.2 Å². The number of benzene rings is 1. The van der Waals surface area contributed by atoms with E-state index in [1.807, 2.05) is 0 Å². The van der Waals surface area contributed by atoms with Gasteiger partial charge in [-0.3, -0.25) is 0 Å². The van der Waals surface area contributed by atoms with Crippen molar-refractivity contribution in [3.8, 4) is 0 Å². The summed E-state index contributed by atoms with van der Waals surface area (Å²) in [6, 6.07) is 7.01. The van der Waals surface area contributed by atoms with Crippen molar-refractivity contribution < 1.29 is 5.11 Å². The molecule has 2 bridgehead atoms. The van der Waals surface area contributed by atoms with Gasteiger partial charge in [-0.25, -0.2) is 0 Å². The van der Waals surface area contributed by atoms with Crippen molar-refractivity contribution in [2.24, 2.45) is 0 Å². The van der Waals surface area contributed by atoms with Crippen LogP contribution in [0.25, 0.3) is 0 Å². The van der Waals surface area contributed by atoms with Gasteiger partial charge in [0.2, 0.25) is 0 Å². The number of hydrogen-bond donors (Lipinski definition) is 1. The Morgan fingerprint density at radius 2 is 2.28 bits per heavy atom. The van der Waals surface area contributed by atoms with Crippen LogP contribution in [0.1, 0.15) is 17.5 Å². The summed E-state index contributed by atoms with van der Waals surface area (Å²) in [5, 5.41) is 9.56. The van der Waals surface area contributed by atoms with Crippen molar-refractivity contribution in [2.45, 2.75) is 25.2 Å². The minimum Gasteiger partial charge on any atom is -0.392 e. The molecule has 0 spiro atoms. The van der Waals surface area contributed by atoms with Crippen LogP contribution in [-0.4, -0.2) is 29.6 Å². The quantitative estimate of drug-likeness (QED) is 0.843. The van der Waals surface area contributed by atoms with Crippen LogP contribution in [0.3, 0.4) is 0 Å². The second-order valence-corrected chi connectivity index (χ2v) is 5.49. The van der Waals surface area contributed by atoms with Crippen LogP contribution in [0.4, 0.5) is 5.69 Å². The molecule has 18 heavy (non-hydrogen) atoms. The highest BCUT2D eigenvalue weighted by atomic mass is 31.0. The highest BCUT2D eigenvalue weighted by Gasteiger charge is 2.35. The molecular formula is C14H19N2OP. The van der Waals surface area contributed by atoms with Gasteiger partial charge < -0.3 is 14.9 Å². The fourth-order valence-electron chi connectivity index (χ4n) is 2.89. The molecule has 1 aromatic rings. The molecule has 4 heteroatoms. The molecule has 96 valence electrons. The lowest BCUT2D eigenvalue weighted by molar-refractivity contribution is 0.282. The summed E-state index contributed by atoms with van der Waals surface area (Å²) >= 11 is 0. The summed E-state index contributed by atoms with van der Waals surface area (Å²) in [6.07, 6.45) is 4.28. The van der Waals surface area contributed by atoms with Crippen LogP contribution in [0, 0.1) is 0 Å². The molecule has 2 aliphatic heterocycles. The first kappa shape index (κ1) is 12.0. The molecule has 1 aromatic carbocycles. The van der Waals surface area contributed by atoms with Gasteiger partial charge in [0.05, 0.1) is 12.6 Å². The van der Waals surface area contributed by atoms with Crippen molar-refractivity contribution in [3.63, 3.8) is 0 Å². The first-order valence-electron chi connectivity index (χ1n) is 6.36. The fourth-order valence-corrected chi connectivity index (χ4v) is 3.14. The minimum atomic E-state index is 0.109. The van der Waals surface area contributed by atoms with Crippen molar-refractivity contribution in [1.29, 1.82) is 0 Å². The van der Waals surface area contributed by atoms with E-state index in [-0.39, 0.29) is 6.61 Å². The van der Waals surface area contributed by atoms with Gasteiger partial charge >= 0.3 is 0 Å². The summed E-state index contributed by atoms with van der Waals surface area (Å²) in [5.41, 5.74) is 4.83. The van der Waals surface area contributed by atoms with E-state index in [4.69, 9.17) is 0 Å². The molecule has 1 fully saturated rings. The number of anilines is 1. The summed E-state index contributed by atoms with van der Waals surface area (Å²) in [6.45, 7) is 1.15. The molecule has 2 aliphatic rings. The zero-order chi connectivity index (χ0) is 12.7. The van der Waals surface area contributed by atoms with Gasteiger partial charge in [-0.05, 0) is 17.8 Å². The fraction of sp³-hybridized carbons (Fsp3) is 0.429. The van der Waals surface area contributed by atoms with Gasteiger partial charge in [-0.2, -0.15) is 0 Å². The monoisotopic (exact) mass is 262 g/mol. The Morgan fingerprint density at radius 3 is 2.83 bits per heavy atom. The van der Waals surface area contributed by atoms with Gasteiger partial charge in [0.15, 0.2) is 0 Å². The first-order valence-corrected chi connectivity index (χ1v) is 7.17. The average molecular weight is 262 g/mol. The van der Waals surface area contributed by atoms with Crippen LogP contribution < -0.4 is 4.90 Å². The Hall–Kier alpha value is -1.05. The number of hydrogen-bond acceptors (Lipinski definition) is 3. The smallest absolute Gasteiger partial charge is 0.0702 e. The van der Waals surface area contributed by atoms with Crippen LogP contribution in [-0.2, 0) is 12.8 Å². The SMILES string of the molecule is CN1C=C2CC1CN2c1ccc(CP)cc1CO. The maximum atomic E-state index is 9.56. The summed E-state index contributed by atoms with van der Waals surface area (Å²) < 4.78 is 0. The molecule has 3 rings (SSSR count). The Kier molecular flexibility index (Phi) is 3.04.